The van der Waals surface area contributed by atoms with E-state index in [-0.39, 0.29) is 35.1 Å². The van der Waals surface area contributed by atoms with Crippen LogP contribution in [-0.2, 0) is 4.79 Å². The van der Waals surface area contributed by atoms with Crippen molar-refractivity contribution in [3.05, 3.63) is 58.3 Å². The average Bonchev–Trinajstić information content (AvgIpc) is 3.31. The quantitative estimate of drug-likeness (QED) is 0.518. The maximum Gasteiger partial charge on any atom is 0.260 e. The van der Waals surface area contributed by atoms with Gasteiger partial charge < -0.3 is 24.0 Å². The first-order valence-electron chi connectivity index (χ1n) is 10.5. The fraction of sp³-hybridized carbons (Fsp3) is 0.261. The summed E-state index contributed by atoms with van der Waals surface area (Å²) < 4.78 is 29.5. The van der Waals surface area contributed by atoms with Crippen LogP contribution in [0.5, 0.6) is 17.2 Å². The molecule has 11 heteroatoms. The molecule has 0 N–H and O–H groups in total. The van der Waals surface area contributed by atoms with Crippen LogP contribution in [0.2, 0.25) is 10.0 Å². The number of carbonyl (C=O) groups excluding carboxylic acids is 1. The van der Waals surface area contributed by atoms with Gasteiger partial charge in [0.1, 0.15) is 5.82 Å². The van der Waals surface area contributed by atoms with Gasteiger partial charge >= 0.3 is 0 Å². The van der Waals surface area contributed by atoms with E-state index in [1.165, 1.54) is 0 Å². The Hall–Kier alpha value is -3.30. The van der Waals surface area contributed by atoms with E-state index in [0.29, 0.717) is 31.9 Å². The molecule has 0 radical (unpaired) electrons. The maximum absolute atomic E-state index is 13.3. The lowest BCUT2D eigenvalue weighted by Crippen LogP contribution is -2.50. The number of anilines is 1. The van der Waals surface area contributed by atoms with Crippen molar-refractivity contribution in [2.24, 2.45) is 0 Å². The predicted octanol–water partition coefficient (Wildman–Crippen LogP) is 4.05. The van der Waals surface area contributed by atoms with Gasteiger partial charge in [-0.1, -0.05) is 23.2 Å². The first-order valence-corrected chi connectivity index (χ1v) is 11.3. The highest BCUT2D eigenvalue weighted by Gasteiger charge is 2.23. The van der Waals surface area contributed by atoms with Gasteiger partial charge in [0.2, 0.25) is 6.79 Å². The number of rotatable bonds is 5. The van der Waals surface area contributed by atoms with Gasteiger partial charge in [-0.15, -0.1) is 10.2 Å². The zero-order valence-corrected chi connectivity index (χ0v) is 19.4. The van der Waals surface area contributed by atoms with E-state index in [1.807, 2.05) is 30.3 Å². The molecule has 1 fully saturated rings. The normalized spacial score (nSPS) is 14.9. The summed E-state index contributed by atoms with van der Waals surface area (Å²) in [6.45, 7) is 2.17. The Labute approximate surface area is 204 Å². The van der Waals surface area contributed by atoms with Gasteiger partial charge in [0.25, 0.3) is 5.91 Å². The molecule has 1 amide bonds. The molecular weight excluding hydrogens is 486 g/mol. The second-order valence-electron chi connectivity index (χ2n) is 7.70. The van der Waals surface area contributed by atoms with Crippen LogP contribution in [-0.4, -0.2) is 60.6 Å². The third-order valence-corrected chi connectivity index (χ3v) is 6.14. The molecule has 0 saturated carbocycles. The third kappa shape index (κ3) is 4.67. The molecule has 176 valence electrons. The fourth-order valence-corrected chi connectivity index (χ4v) is 4.35. The fourth-order valence-electron chi connectivity index (χ4n) is 3.78. The van der Waals surface area contributed by atoms with Crippen molar-refractivity contribution < 1.29 is 23.4 Å². The minimum absolute atomic E-state index is 0.0189. The summed E-state index contributed by atoms with van der Waals surface area (Å²) in [7, 11) is 0. The monoisotopic (exact) mass is 504 g/mol. The zero-order valence-electron chi connectivity index (χ0n) is 17.8. The van der Waals surface area contributed by atoms with E-state index in [9.17, 15) is 9.18 Å². The number of benzene rings is 2. The van der Waals surface area contributed by atoms with E-state index in [4.69, 9.17) is 37.4 Å². The molecule has 2 aliphatic heterocycles. The van der Waals surface area contributed by atoms with Crippen LogP contribution in [0.25, 0.3) is 11.3 Å². The number of halogens is 3. The number of hydrogen-bond acceptors (Lipinski definition) is 7. The Bertz CT molecular complexity index is 1200. The molecule has 1 saturated heterocycles. The zero-order chi connectivity index (χ0) is 23.7. The number of hydrogen-bond donors (Lipinski definition) is 0. The molecule has 0 bridgehead atoms. The van der Waals surface area contributed by atoms with Gasteiger partial charge in [-0.05, 0) is 42.5 Å². The van der Waals surface area contributed by atoms with E-state index in [0.717, 1.165) is 35.0 Å². The summed E-state index contributed by atoms with van der Waals surface area (Å²) in [6, 6.07) is 11.6. The smallest absolute Gasteiger partial charge is 0.260 e. The molecule has 3 aromatic rings. The first-order chi connectivity index (χ1) is 16.5. The third-order valence-electron chi connectivity index (χ3n) is 5.58. The van der Waals surface area contributed by atoms with Crippen molar-refractivity contribution in [3.8, 4) is 28.5 Å². The van der Waals surface area contributed by atoms with E-state index in [1.54, 1.807) is 4.90 Å². The molecule has 2 aliphatic rings. The standard InChI is InChI=1S/C23H19Cl2FN4O4/c24-16-10-15(26)11-17(25)23(16)32-12-22(31)30-7-5-29(6-8-30)21-4-2-18(27-28-21)14-1-3-19-20(9-14)34-13-33-19/h1-4,9-11H,5-8,12-13H2. The van der Waals surface area contributed by atoms with E-state index in [2.05, 4.69) is 15.1 Å². The molecule has 3 heterocycles. The predicted molar refractivity (Wildman–Crippen MR) is 124 cm³/mol. The highest BCUT2D eigenvalue weighted by atomic mass is 35.5. The lowest BCUT2D eigenvalue weighted by Gasteiger charge is -2.35. The average molecular weight is 505 g/mol. The number of carbonyl (C=O) groups is 1. The lowest BCUT2D eigenvalue weighted by molar-refractivity contribution is -0.133. The summed E-state index contributed by atoms with van der Waals surface area (Å²) in [5.41, 5.74) is 1.62. The van der Waals surface area contributed by atoms with Gasteiger partial charge in [-0.3, -0.25) is 4.79 Å². The first kappa shape index (κ1) is 22.5. The molecule has 0 atom stereocenters. The molecule has 1 aromatic heterocycles. The van der Waals surface area contributed by atoms with Crippen LogP contribution in [0, 0.1) is 5.82 Å². The number of nitrogens with zero attached hydrogens (tertiary/aromatic N) is 4. The number of piperazine rings is 1. The van der Waals surface area contributed by atoms with Gasteiger partial charge in [-0.2, -0.15) is 0 Å². The second-order valence-corrected chi connectivity index (χ2v) is 8.51. The summed E-state index contributed by atoms with van der Waals surface area (Å²) in [4.78, 5) is 16.3. The van der Waals surface area contributed by atoms with Gasteiger partial charge in [0, 0.05) is 31.7 Å². The van der Waals surface area contributed by atoms with Crippen LogP contribution in [0.4, 0.5) is 10.2 Å². The second kappa shape index (κ2) is 9.52. The van der Waals surface area contributed by atoms with Crippen molar-refractivity contribution in [2.45, 2.75) is 0 Å². The number of aromatic nitrogens is 2. The van der Waals surface area contributed by atoms with Crippen LogP contribution in [0.15, 0.2) is 42.5 Å². The summed E-state index contributed by atoms with van der Waals surface area (Å²) in [5, 5.41) is 8.75. The minimum Gasteiger partial charge on any atom is -0.481 e. The number of ether oxygens (including phenoxy) is 3. The summed E-state index contributed by atoms with van der Waals surface area (Å²) >= 11 is 11.9. The maximum atomic E-state index is 13.3. The molecule has 2 aromatic carbocycles. The van der Waals surface area contributed by atoms with Crippen LogP contribution >= 0.6 is 23.2 Å². The summed E-state index contributed by atoms with van der Waals surface area (Å²) in [6.07, 6.45) is 0. The van der Waals surface area contributed by atoms with E-state index >= 15 is 0 Å². The van der Waals surface area contributed by atoms with Crippen LogP contribution < -0.4 is 19.1 Å². The SMILES string of the molecule is O=C(COc1c(Cl)cc(F)cc1Cl)N1CCN(c2ccc(-c3ccc4c(c3)OCO4)nn2)CC1. The topological polar surface area (TPSA) is 77.0 Å². The molecule has 8 nitrogen and oxygen atoms in total. The van der Waals surface area contributed by atoms with Crippen molar-refractivity contribution in [3.63, 3.8) is 0 Å². The van der Waals surface area contributed by atoms with Crippen molar-refractivity contribution >= 4 is 34.9 Å². The molecule has 0 aliphatic carbocycles. The van der Waals surface area contributed by atoms with Crippen molar-refractivity contribution in [1.82, 2.24) is 15.1 Å². The van der Waals surface area contributed by atoms with Gasteiger partial charge in [0.15, 0.2) is 29.7 Å². The number of fused-ring (bicyclic) bond motifs is 1. The van der Waals surface area contributed by atoms with Gasteiger partial charge in [-0.25, -0.2) is 4.39 Å². The highest BCUT2D eigenvalue weighted by Crippen LogP contribution is 2.36. The molecule has 5 rings (SSSR count). The highest BCUT2D eigenvalue weighted by molar-refractivity contribution is 6.37. The molecular formula is C23H19Cl2FN4O4. The van der Waals surface area contributed by atoms with Gasteiger partial charge in [0.05, 0.1) is 15.7 Å². The Morgan fingerprint density at radius 3 is 2.41 bits per heavy atom. The Kier molecular flexibility index (Phi) is 6.30. The minimum atomic E-state index is -0.572. The Morgan fingerprint density at radius 2 is 1.71 bits per heavy atom. The molecule has 0 spiro atoms. The largest absolute Gasteiger partial charge is 0.481 e. The van der Waals surface area contributed by atoms with Crippen LogP contribution in [0.3, 0.4) is 0 Å². The van der Waals surface area contributed by atoms with Crippen molar-refractivity contribution in [1.29, 1.82) is 0 Å². The number of amides is 1. The summed E-state index contributed by atoms with van der Waals surface area (Å²) in [5.74, 6) is 1.46. The lowest BCUT2D eigenvalue weighted by atomic mass is 10.1. The van der Waals surface area contributed by atoms with Crippen molar-refractivity contribution in [2.75, 3.05) is 44.5 Å². The van der Waals surface area contributed by atoms with E-state index < -0.39 is 5.82 Å². The Morgan fingerprint density at radius 1 is 0.971 bits per heavy atom. The van der Waals surface area contributed by atoms with Crippen LogP contribution in [0.1, 0.15) is 0 Å². The molecule has 34 heavy (non-hydrogen) atoms. The Balaban J connectivity index is 1.16. The molecule has 0 unspecified atom stereocenters.